The van der Waals surface area contributed by atoms with Crippen LogP contribution < -0.4 is 0 Å². The summed E-state index contributed by atoms with van der Waals surface area (Å²) in [6, 6.07) is 4.71. The Morgan fingerprint density at radius 2 is 1.52 bits per heavy atom. The van der Waals surface area contributed by atoms with E-state index in [1.54, 1.807) is 19.1 Å². The summed E-state index contributed by atoms with van der Waals surface area (Å²) < 4.78 is 10.3. The number of rotatable bonds is 15. The van der Waals surface area contributed by atoms with Crippen LogP contribution in [0.5, 0.6) is 0 Å². The van der Waals surface area contributed by atoms with Gasteiger partial charge in [0.15, 0.2) is 0 Å². The van der Waals surface area contributed by atoms with Crippen LogP contribution in [0.4, 0.5) is 5.69 Å². The maximum absolute atomic E-state index is 11.8. The van der Waals surface area contributed by atoms with Gasteiger partial charge in [0.2, 0.25) is 0 Å². The number of aryl methyl sites for hydroxylation is 1. The number of benzene rings is 1. The van der Waals surface area contributed by atoms with Gasteiger partial charge >= 0.3 is 11.9 Å². The van der Waals surface area contributed by atoms with Gasteiger partial charge in [-0.2, -0.15) is 0 Å². The van der Waals surface area contributed by atoms with E-state index in [1.807, 2.05) is 0 Å². The van der Waals surface area contributed by atoms with Crippen LogP contribution in [0.15, 0.2) is 18.2 Å². The fraction of sp³-hybridized carbons (Fsp3) is 0.636. The second kappa shape index (κ2) is 14.5. The van der Waals surface area contributed by atoms with E-state index in [4.69, 9.17) is 9.47 Å². The Labute approximate surface area is 172 Å². The van der Waals surface area contributed by atoms with E-state index >= 15 is 0 Å². The molecule has 0 atom stereocenters. The SMILES string of the molecule is CCCCOC(=O)CCCCCCCCC(=O)OCc1ccc([N+](=O)[O-])c(C)c1. The number of hydrogen-bond acceptors (Lipinski definition) is 6. The highest BCUT2D eigenvalue weighted by Gasteiger charge is 2.11. The number of hydrogen-bond donors (Lipinski definition) is 0. The molecule has 162 valence electrons. The van der Waals surface area contributed by atoms with Gasteiger partial charge in [0.05, 0.1) is 11.5 Å². The second-order valence-electron chi connectivity index (χ2n) is 7.23. The second-order valence-corrected chi connectivity index (χ2v) is 7.23. The third-order valence-electron chi connectivity index (χ3n) is 4.63. The monoisotopic (exact) mass is 407 g/mol. The minimum atomic E-state index is -0.426. The Bertz CT molecular complexity index is 659. The molecule has 0 fully saturated rings. The van der Waals surface area contributed by atoms with Crippen LogP contribution in [-0.4, -0.2) is 23.5 Å². The largest absolute Gasteiger partial charge is 0.466 e. The molecule has 0 bridgehead atoms. The molecule has 29 heavy (non-hydrogen) atoms. The molecule has 0 aromatic heterocycles. The van der Waals surface area contributed by atoms with E-state index in [2.05, 4.69) is 6.92 Å². The van der Waals surface area contributed by atoms with Gasteiger partial charge in [-0.15, -0.1) is 0 Å². The fourth-order valence-electron chi connectivity index (χ4n) is 2.90. The molecule has 1 aromatic carbocycles. The van der Waals surface area contributed by atoms with Gasteiger partial charge in [-0.05, 0) is 43.9 Å². The zero-order valence-corrected chi connectivity index (χ0v) is 17.6. The van der Waals surface area contributed by atoms with Crippen LogP contribution in [-0.2, 0) is 25.7 Å². The summed E-state index contributed by atoms with van der Waals surface area (Å²) in [5.41, 5.74) is 1.36. The number of ether oxygens (including phenoxy) is 2. The first-order chi connectivity index (χ1) is 13.9. The maximum atomic E-state index is 11.8. The van der Waals surface area contributed by atoms with Gasteiger partial charge in [0.25, 0.3) is 5.69 Å². The molecular weight excluding hydrogens is 374 g/mol. The quantitative estimate of drug-likeness (QED) is 0.167. The predicted octanol–water partition coefficient (Wildman–Crippen LogP) is 5.41. The molecule has 0 heterocycles. The third kappa shape index (κ3) is 11.2. The highest BCUT2D eigenvalue weighted by Crippen LogP contribution is 2.19. The molecule has 0 radical (unpaired) electrons. The average Bonchev–Trinajstić information content (AvgIpc) is 2.68. The van der Waals surface area contributed by atoms with Gasteiger partial charge in [0, 0.05) is 24.5 Å². The van der Waals surface area contributed by atoms with Crippen molar-refractivity contribution in [3.63, 3.8) is 0 Å². The van der Waals surface area contributed by atoms with Crippen LogP contribution >= 0.6 is 0 Å². The van der Waals surface area contributed by atoms with Crippen molar-refractivity contribution in [2.75, 3.05) is 6.61 Å². The Morgan fingerprint density at radius 1 is 0.931 bits per heavy atom. The highest BCUT2D eigenvalue weighted by molar-refractivity contribution is 5.69. The number of carbonyl (C=O) groups excluding carboxylic acids is 2. The summed E-state index contributed by atoms with van der Waals surface area (Å²) in [7, 11) is 0. The Hall–Kier alpha value is -2.44. The molecule has 0 amide bonds. The predicted molar refractivity (Wildman–Crippen MR) is 110 cm³/mol. The first-order valence-corrected chi connectivity index (χ1v) is 10.5. The van der Waals surface area contributed by atoms with Crippen molar-refractivity contribution < 1.29 is 24.0 Å². The van der Waals surface area contributed by atoms with Gasteiger partial charge in [-0.25, -0.2) is 0 Å². The van der Waals surface area contributed by atoms with E-state index in [9.17, 15) is 19.7 Å². The maximum Gasteiger partial charge on any atom is 0.306 e. The minimum Gasteiger partial charge on any atom is -0.466 e. The summed E-state index contributed by atoms with van der Waals surface area (Å²) in [6.07, 6.45) is 8.44. The fourth-order valence-corrected chi connectivity index (χ4v) is 2.90. The lowest BCUT2D eigenvalue weighted by Gasteiger charge is -2.06. The van der Waals surface area contributed by atoms with E-state index < -0.39 is 4.92 Å². The van der Waals surface area contributed by atoms with Crippen molar-refractivity contribution in [2.24, 2.45) is 0 Å². The lowest BCUT2D eigenvalue weighted by Crippen LogP contribution is -2.05. The number of nitro benzene ring substituents is 1. The molecule has 7 nitrogen and oxygen atoms in total. The van der Waals surface area contributed by atoms with Crippen molar-refractivity contribution >= 4 is 17.6 Å². The van der Waals surface area contributed by atoms with Crippen molar-refractivity contribution in [1.82, 2.24) is 0 Å². The summed E-state index contributed by atoms with van der Waals surface area (Å²) in [5.74, 6) is -0.361. The average molecular weight is 408 g/mol. The van der Waals surface area contributed by atoms with E-state index in [1.165, 1.54) is 6.07 Å². The smallest absolute Gasteiger partial charge is 0.306 e. The number of unbranched alkanes of at least 4 members (excludes halogenated alkanes) is 6. The van der Waals surface area contributed by atoms with Gasteiger partial charge in [-0.1, -0.05) is 39.0 Å². The topological polar surface area (TPSA) is 95.7 Å². The third-order valence-corrected chi connectivity index (χ3v) is 4.63. The summed E-state index contributed by atoms with van der Waals surface area (Å²) >= 11 is 0. The Morgan fingerprint density at radius 3 is 2.07 bits per heavy atom. The van der Waals surface area contributed by atoms with Crippen LogP contribution in [0.3, 0.4) is 0 Å². The molecule has 0 N–H and O–H groups in total. The molecule has 0 aliphatic heterocycles. The standard InChI is InChI=1S/C22H33NO6/c1-3-4-15-28-21(24)11-9-7-5-6-8-10-12-22(25)29-17-19-13-14-20(23(26)27)18(2)16-19/h13-14,16H,3-12,15,17H2,1-2H3. The lowest BCUT2D eigenvalue weighted by molar-refractivity contribution is -0.385. The minimum absolute atomic E-state index is 0.0634. The number of esters is 2. The summed E-state index contributed by atoms with van der Waals surface area (Å²) in [5, 5.41) is 10.8. The Balaban J connectivity index is 2.04. The van der Waals surface area contributed by atoms with Gasteiger partial charge in [0.1, 0.15) is 6.61 Å². The van der Waals surface area contributed by atoms with E-state index in [0.29, 0.717) is 25.0 Å². The number of nitro groups is 1. The molecule has 0 spiro atoms. The van der Waals surface area contributed by atoms with Crippen molar-refractivity contribution in [3.05, 3.63) is 39.4 Å². The first-order valence-electron chi connectivity index (χ1n) is 10.5. The van der Waals surface area contributed by atoms with E-state index in [-0.39, 0.29) is 24.2 Å². The highest BCUT2D eigenvalue weighted by atomic mass is 16.6. The first kappa shape index (κ1) is 24.6. The van der Waals surface area contributed by atoms with Crippen molar-refractivity contribution in [1.29, 1.82) is 0 Å². The molecule has 1 aromatic rings. The summed E-state index contributed by atoms with van der Waals surface area (Å²) in [6.45, 7) is 4.38. The van der Waals surface area contributed by atoms with E-state index in [0.717, 1.165) is 56.9 Å². The molecule has 0 saturated carbocycles. The molecule has 1 rings (SSSR count). The zero-order valence-electron chi connectivity index (χ0n) is 17.6. The molecule has 0 aliphatic carbocycles. The molecule has 0 unspecified atom stereocenters. The van der Waals surface area contributed by atoms with Crippen LogP contribution in [0.2, 0.25) is 0 Å². The van der Waals surface area contributed by atoms with Gasteiger partial charge in [-0.3, -0.25) is 19.7 Å². The van der Waals surface area contributed by atoms with Crippen molar-refractivity contribution in [2.45, 2.75) is 84.7 Å². The van der Waals surface area contributed by atoms with Crippen LogP contribution in [0.25, 0.3) is 0 Å². The normalized spacial score (nSPS) is 10.6. The van der Waals surface area contributed by atoms with Crippen molar-refractivity contribution in [3.8, 4) is 0 Å². The lowest BCUT2D eigenvalue weighted by atomic mass is 10.1. The molecular formula is C22H33NO6. The molecule has 0 saturated heterocycles. The number of nitrogens with zero attached hydrogens (tertiary/aromatic N) is 1. The van der Waals surface area contributed by atoms with Crippen LogP contribution in [0.1, 0.15) is 82.3 Å². The number of carbonyl (C=O) groups is 2. The molecule has 7 heteroatoms. The van der Waals surface area contributed by atoms with Gasteiger partial charge < -0.3 is 9.47 Å². The zero-order chi connectivity index (χ0) is 21.5. The summed E-state index contributed by atoms with van der Waals surface area (Å²) in [4.78, 5) is 33.6. The Kier molecular flexibility index (Phi) is 12.3. The van der Waals surface area contributed by atoms with Crippen LogP contribution in [0, 0.1) is 17.0 Å². The molecule has 0 aliphatic rings.